The fourth-order valence-electron chi connectivity index (χ4n) is 4.52. The lowest BCUT2D eigenvalue weighted by Crippen LogP contribution is -2.51. The highest BCUT2D eigenvalue weighted by Gasteiger charge is 2.28. The molecule has 12 nitrogen and oxygen atoms in total. The number of hydrogen-bond donors (Lipinski definition) is 6. The molecular formula is C25H32FN9O3. The maximum Gasteiger partial charge on any atom is 0.276 e. The number of amides is 2. The minimum absolute atomic E-state index is 0.00888. The fourth-order valence-corrected chi connectivity index (χ4v) is 4.52. The number of aliphatic hydroxyl groups excluding tert-OH is 1. The van der Waals surface area contributed by atoms with Gasteiger partial charge in [-0.3, -0.25) is 14.6 Å². The van der Waals surface area contributed by atoms with Gasteiger partial charge in [-0.1, -0.05) is 0 Å². The Morgan fingerprint density at radius 2 is 1.76 bits per heavy atom. The Morgan fingerprint density at radius 1 is 1.08 bits per heavy atom. The molecular weight excluding hydrogens is 493 g/mol. The van der Waals surface area contributed by atoms with Crippen molar-refractivity contribution >= 4 is 34.7 Å². The van der Waals surface area contributed by atoms with E-state index in [4.69, 9.17) is 5.73 Å². The number of imidazole rings is 1. The number of pyridine rings is 1. The Balaban J connectivity index is 1.30. The van der Waals surface area contributed by atoms with Gasteiger partial charge in [0.2, 0.25) is 5.91 Å². The zero-order valence-corrected chi connectivity index (χ0v) is 21.0. The second-order valence-corrected chi connectivity index (χ2v) is 10.0. The van der Waals surface area contributed by atoms with Crippen LogP contribution < -0.4 is 27.0 Å². The van der Waals surface area contributed by atoms with Gasteiger partial charge in [0, 0.05) is 30.4 Å². The quantitative estimate of drug-likeness (QED) is 0.243. The average molecular weight is 526 g/mol. The minimum Gasteiger partial charge on any atom is -0.391 e. The second-order valence-electron chi connectivity index (χ2n) is 10.0. The smallest absolute Gasteiger partial charge is 0.276 e. The highest BCUT2D eigenvalue weighted by Crippen LogP contribution is 2.30. The van der Waals surface area contributed by atoms with Crippen LogP contribution in [0.1, 0.15) is 55.9 Å². The predicted octanol–water partition coefficient (Wildman–Crippen LogP) is 1.64. The van der Waals surface area contributed by atoms with Gasteiger partial charge in [0.05, 0.1) is 29.9 Å². The molecule has 2 aliphatic rings. The van der Waals surface area contributed by atoms with Gasteiger partial charge in [-0.2, -0.15) is 0 Å². The summed E-state index contributed by atoms with van der Waals surface area (Å²) in [6, 6.07) is 2.77. The molecule has 13 heteroatoms. The summed E-state index contributed by atoms with van der Waals surface area (Å²) in [6.45, 7) is 1.49. The first-order chi connectivity index (χ1) is 18.3. The number of carbonyl (C=O) groups excluding carboxylic acids is 2. The van der Waals surface area contributed by atoms with Crippen molar-refractivity contribution in [2.45, 2.75) is 75.7 Å². The zero-order chi connectivity index (χ0) is 26.8. The van der Waals surface area contributed by atoms with Crippen LogP contribution in [0.5, 0.6) is 0 Å². The van der Waals surface area contributed by atoms with E-state index in [0.29, 0.717) is 17.5 Å². The van der Waals surface area contributed by atoms with Gasteiger partial charge in [0.1, 0.15) is 11.9 Å². The molecule has 3 heterocycles. The number of carbonyl (C=O) groups is 2. The monoisotopic (exact) mass is 525 g/mol. The van der Waals surface area contributed by atoms with Crippen LogP contribution in [0, 0.1) is 5.82 Å². The Morgan fingerprint density at radius 3 is 2.45 bits per heavy atom. The number of anilines is 3. The third-order valence-electron chi connectivity index (χ3n) is 6.91. The van der Waals surface area contributed by atoms with Crippen molar-refractivity contribution in [3.05, 3.63) is 42.2 Å². The summed E-state index contributed by atoms with van der Waals surface area (Å²) < 4.78 is 15.5. The van der Waals surface area contributed by atoms with E-state index in [1.54, 1.807) is 0 Å². The number of nitrogens with one attached hydrogen (secondary N) is 4. The summed E-state index contributed by atoms with van der Waals surface area (Å²) in [5.41, 5.74) is 7.18. The van der Waals surface area contributed by atoms with Crippen molar-refractivity contribution in [3.8, 4) is 0 Å². The molecule has 3 aromatic heterocycles. The van der Waals surface area contributed by atoms with Gasteiger partial charge < -0.3 is 32.1 Å². The molecule has 0 radical (unpaired) electrons. The molecule has 0 saturated heterocycles. The van der Waals surface area contributed by atoms with Crippen molar-refractivity contribution in [2.24, 2.45) is 5.73 Å². The van der Waals surface area contributed by atoms with Crippen molar-refractivity contribution in [1.29, 1.82) is 0 Å². The molecule has 0 aliphatic heterocycles. The topological polar surface area (TPSA) is 172 Å². The molecule has 2 aliphatic carbocycles. The molecule has 2 fully saturated rings. The predicted molar refractivity (Wildman–Crippen MR) is 139 cm³/mol. The van der Waals surface area contributed by atoms with E-state index in [0.717, 1.165) is 50.4 Å². The van der Waals surface area contributed by atoms with Crippen LogP contribution >= 0.6 is 0 Å². The third-order valence-corrected chi connectivity index (χ3v) is 6.91. The summed E-state index contributed by atoms with van der Waals surface area (Å²) in [5.74, 6) is -0.958. The maximum atomic E-state index is 14.0. The number of halogens is 1. The molecule has 0 spiro atoms. The van der Waals surface area contributed by atoms with Crippen LogP contribution in [0.2, 0.25) is 0 Å². The van der Waals surface area contributed by atoms with E-state index in [1.807, 2.05) is 6.07 Å². The first-order valence-electron chi connectivity index (χ1n) is 12.8. The number of nitrogens with zero attached hydrogens (tertiary/aromatic N) is 4. The van der Waals surface area contributed by atoms with E-state index in [1.165, 1.54) is 29.9 Å². The summed E-state index contributed by atoms with van der Waals surface area (Å²) in [4.78, 5) is 33.3. The van der Waals surface area contributed by atoms with Gasteiger partial charge in [-0.05, 0) is 51.5 Å². The molecule has 2 atom stereocenters. The summed E-state index contributed by atoms with van der Waals surface area (Å²) in [7, 11) is 0. The lowest BCUT2D eigenvalue weighted by molar-refractivity contribution is -0.125. The Bertz CT molecular complexity index is 1320. The highest BCUT2D eigenvalue weighted by atomic mass is 19.1. The molecule has 0 aromatic carbocycles. The molecule has 38 heavy (non-hydrogen) atoms. The van der Waals surface area contributed by atoms with Crippen molar-refractivity contribution < 1.29 is 19.1 Å². The number of nitrogens with two attached hydrogens (primary N) is 1. The standard InChI is InChI=1S/C25H32FN9O3/c1-13(36)22(27)25(38)32-16-6-4-15(5-7-16)31-21-10-19(30-14-2-3-14)23-29-12-20(35(23)34-21)24(37)33-18-8-9-28-11-17(18)26/h8-16,22,30,36H,2-7,27H2,1H3,(H,31,34)(H,32,38)(H,28,33,37)/t13?,15?,16?,22-/m0/s1. The van der Waals surface area contributed by atoms with Crippen molar-refractivity contribution in [2.75, 3.05) is 16.0 Å². The maximum absolute atomic E-state index is 14.0. The van der Waals surface area contributed by atoms with Gasteiger partial charge in [0.25, 0.3) is 5.91 Å². The number of rotatable bonds is 9. The number of aliphatic hydroxyl groups is 1. The van der Waals surface area contributed by atoms with Crippen LogP contribution in [0.25, 0.3) is 5.65 Å². The number of aromatic nitrogens is 4. The van der Waals surface area contributed by atoms with Crippen molar-refractivity contribution in [3.63, 3.8) is 0 Å². The molecule has 202 valence electrons. The average Bonchev–Trinajstić information content (AvgIpc) is 3.61. The first-order valence-corrected chi connectivity index (χ1v) is 12.8. The SMILES string of the molecule is CC(O)[C@H](N)C(=O)NC1CCC(Nc2cc(NC3CC3)c3ncc(C(=O)Nc4ccncc4F)n3n2)CC1. The molecule has 7 N–H and O–H groups in total. The number of fused-ring (bicyclic) bond motifs is 1. The van der Waals surface area contributed by atoms with E-state index in [9.17, 15) is 19.1 Å². The van der Waals surface area contributed by atoms with Crippen LogP contribution in [0.15, 0.2) is 30.7 Å². The molecule has 1 unspecified atom stereocenters. The molecule has 0 bridgehead atoms. The van der Waals surface area contributed by atoms with Crippen LogP contribution in [0.3, 0.4) is 0 Å². The summed E-state index contributed by atoms with van der Waals surface area (Å²) in [6.07, 6.45) is 8.13. The van der Waals surface area contributed by atoms with E-state index >= 15 is 0 Å². The molecule has 2 amide bonds. The Kier molecular flexibility index (Phi) is 7.38. The van der Waals surface area contributed by atoms with Gasteiger partial charge in [0.15, 0.2) is 17.2 Å². The minimum atomic E-state index is -0.948. The first kappa shape index (κ1) is 25.8. The Labute approximate surface area is 218 Å². The summed E-state index contributed by atoms with van der Waals surface area (Å²) >= 11 is 0. The van der Waals surface area contributed by atoms with Gasteiger partial charge in [-0.25, -0.2) is 13.9 Å². The summed E-state index contributed by atoms with van der Waals surface area (Å²) in [5, 5.41) is 26.6. The molecule has 5 rings (SSSR count). The van der Waals surface area contributed by atoms with Crippen molar-refractivity contribution in [1.82, 2.24) is 24.9 Å². The largest absolute Gasteiger partial charge is 0.391 e. The molecule has 2 saturated carbocycles. The lowest BCUT2D eigenvalue weighted by Gasteiger charge is -2.31. The lowest BCUT2D eigenvalue weighted by atomic mass is 9.91. The second kappa shape index (κ2) is 10.9. The van der Waals surface area contributed by atoms with Gasteiger partial charge >= 0.3 is 0 Å². The van der Waals surface area contributed by atoms with Crippen LogP contribution in [-0.4, -0.2) is 66.8 Å². The van der Waals surface area contributed by atoms with Gasteiger partial charge in [-0.15, -0.1) is 5.10 Å². The van der Waals surface area contributed by atoms with E-state index < -0.39 is 23.9 Å². The van der Waals surface area contributed by atoms with E-state index in [-0.39, 0.29) is 29.4 Å². The normalized spacial score (nSPS) is 20.9. The number of hydrogen-bond acceptors (Lipinski definition) is 9. The fraction of sp³-hybridized carbons (Fsp3) is 0.480. The Hall–Kier alpha value is -3.84. The third kappa shape index (κ3) is 5.83. The van der Waals surface area contributed by atoms with E-state index in [2.05, 4.69) is 36.3 Å². The molecule has 3 aromatic rings. The zero-order valence-electron chi connectivity index (χ0n) is 21.0. The van der Waals surface area contributed by atoms with Crippen LogP contribution in [-0.2, 0) is 4.79 Å². The van der Waals surface area contributed by atoms with Crippen LogP contribution in [0.4, 0.5) is 21.6 Å². The highest BCUT2D eigenvalue weighted by molar-refractivity contribution is 6.03.